The number of para-hydroxylation sites is 1. The summed E-state index contributed by atoms with van der Waals surface area (Å²) in [6.07, 6.45) is -1.32. The number of primary amides is 1. The molecular weight excluding hydrogens is 458 g/mol. The summed E-state index contributed by atoms with van der Waals surface area (Å²) in [6, 6.07) is 21.9. The van der Waals surface area contributed by atoms with Crippen molar-refractivity contribution in [3.8, 4) is 0 Å². The fourth-order valence-corrected chi connectivity index (χ4v) is 4.57. The van der Waals surface area contributed by atoms with Gasteiger partial charge in [-0.2, -0.15) is 0 Å². The van der Waals surface area contributed by atoms with E-state index in [2.05, 4.69) is 0 Å². The minimum Gasteiger partial charge on any atom is -0.449 e. The molecule has 176 valence electrons. The highest BCUT2D eigenvalue weighted by molar-refractivity contribution is 7.92. The summed E-state index contributed by atoms with van der Waals surface area (Å²) >= 11 is 0. The van der Waals surface area contributed by atoms with Gasteiger partial charge >= 0.3 is 12.0 Å². The molecule has 9 nitrogen and oxygen atoms in total. The maximum absolute atomic E-state index is 13.6. The van der Waals surface area contributed by atoms with Crippen LogP contribution < -0.4 is 15.4 Å². The van der Waals surface area contributed by atoms with E-state index in [4.69, 9.17) is 10.5 Å². The second-order valence-corrected chi connectivity index (χ2v) is 9.12. The lowest BCUT2D eigenvalue weighted by atomic mass is 10.2. The molecule has 3 amide bonds. The number of benzene rings is 3. The minimum atomic E-state index is -4.08. The van der Waals surface area contributed by atoms with Gasteiger partial charge in [-0.15, -0.1) is 0 Å². The van der Waals surface area contributed by atoms with Crippen molar-refractivity contribution < 1.29 is 27.5 Å². The molecule has 0 aliphatic carbocycles. The van der Waals surface area contributed by atoms with Crippen molar-refractivity contribution in [3.63, 3.8) is 0 Å². The highest BCUT2D eigenvalue weighted by atomic mass is 32.2. The van der Waals surface area contributed by atoms with E-state index in [1.54, 1.807) is 30.3 Å². The number of ether oxygens (including phenoxy) is 1. The number of carbonyl (C=O) groups is 3. The molecule has 1 atom stereocenters. The van der Waals surface area contributed by atoms with E-state index in [9.17, 15) is 22.8 Å². The molecule has 0 saturated carbocycles. The third kappa shape index (κ3) is 5.99. The number of sulfonamides is 1. The molecule has 3 aromatic rings. The van der Waals surface area contributed by atoms with Crippen LogP contribution >= 0.6 is 0 Å². The fraction of sp³-hybridized carbons (Fsp3) is 0.125. The second-order valence-electron chi connectivity index (χ2n) is 7.26. The Morgan fingerprint density at radius 2 is 1.56 bits per heavy atom. The van der Waals surface area contributed by atoms with Gasteiger partial charge < -0.3 is 10.5 Å². The van der Waals surface area contributed by atoms with Crippen LogP contribution in [0.5, 0.6) is 0 Å². The van der Waals surface area contributed by atoms with Gasteiger partial charge in [0.15, 0.2) is 6.10 Å². The van der Waals surface area contributed by atoms with Gasteiger partial charge in [-0.1, -0.05) is 54.6 Å². The molecule has 3 aromatic carbocycles. The van der Waals surface area contributed by atoms with Crippen LogP contribution in [0, 0.1) is 0 Å². The number of carbonyl (C=O) groups excluding carboxylic acids is 3. The highest BCUT2D eigenvalue weighted by Gasteiger charge is 2.27. The van der Waals surface area contributed by atoms with Crippen LogP contribution in [0.4, 0.5) is 10.5 Å². The van der Waals surface area contributed by atoms with Crippen LogP contribution in [0.1, 0.15) is 22.8 Å². The molecule has 0 saturated heterocycles. The molecule has 3 N–H and O–H groups in total. The number of anilines is 1. The summed E-state index contributed by atoms with van der Waals surface area (Å²) in [6.45, 7) is 1.33. The zero-order valence-corrected chi connectivity index (χ0v) is 19.1. The lowest BCUT2D eigenvalue weighted by molar-refractivity contribution is -0.127. The molecule has 0 heterocycles. The Bertz CT molecular complexity index is 1280. The monoisotopic (exact) mass is 481 g/mol. The Labute approximate surface area is 197 Å². The maximum atomic E-state index is 13.6. The molecular formula is C24H23N3O6S. The summed E-state index contributed by atoms with van der Waals surface area (Å²) in [5.74, 6) is -1.83. The zero-order valence-electron chi connectivity index (χ0n) is 18.2. The molecule has 0 aromatic heterocycles. The number of imide groups is 1. The van der Waals surface area contributed by atoms with Crippen molar-refractivity contribution in [2.45, 2.75) is 24.5 Å². The third-order valence-electron chi connectivity index (χ3n) is 4.77. The number of nitrogens with two attached hydrogens (primary N) is 1. The quantitative estimate of drug-likeness (QED) is 0.475. The number of nitrogens with one attached hydrogen (secondary N) is 1. The number of hydrogen-bond donors (Lipinski definition) is 2. The zero-order chi connectivity index (χ0) is 24.7. The first-order valence-corrected chi connectivity index (χ1v) is 11.7. The van der Waals surface area contributed by atoms with Crippen LogP contribution in [0.3, 0.4) is 0 Å². The molecule has 0 aliphatic rings. The predicted molar refractivity (Wildman–Crippen MR) is 125 cm³/mol. The Morgan fingerprint density at radius 1 is 0.941 bits per heavy atom. The van der Waals surface area contributed by atoms with Gasteiger partial charge in [-0.05, 0) is 42.8 Å². The van der Waals surface area contributed by atoms with E-state index < -0.39 is 34.0 Å². The topological polar surface area (TPSA) is 136 Å². The number of nitrogens with zero attached hydrogens (tertiary/aromatic N) is 1. The number of amides is 3. The van der Waals surface area contributed by atoms with Gasteiger partial charge in [-0.3, -0.25) is 14.4 Å². The third-order valence-corrected chi connectivity index (χ3v) is 6.54. The smallest absolute Gasteiger partial charge is 0.338 e. The first kappa shape index (κ1) is 24.5. The standard InChI is InChI=1S/C24H23N3O6S/c1-17(22(28)26-24(25)30)33-23(29)19-11-8-14-21(15-19)34(31,32)27(20-12-6-3-7-13-20)16-18-9-4-2-5-10-18/h2-15,17H,16H2,1H3,(H3,25,26,28,30)/t17-/m1/s1. The molecule has 0 fully saturated rings. The highest BCUT2D eigenvalue weighted by Crippen LogP contribution is 2.26. The van der Waals surface area contributed by atoms with Gasteiger partial charge in [0.1, 0.15) is 0 Å². The summed E-state index contributed by atoms with van der Waals surface area (Å²) in [5.41, 5.74) is 6.05. The first-order valence-electron chi connectivity index (χ1n) is 10.2. The lowest BCUT2D eigenvalue weighted by Gasteiger charge is -2.25. The van der Waals surface area contributed by atoms with E-state index in [0.29, 0.717) is 5.69 Å². The van der Waals surface area contributed by atoms with Crippen molar-refractivity contribution in [3.05, 3.63) is 96.1 Å². The largest absolute Gasteiger partial charge is 0.449 e. The van der Waals surface area contributed by atoms with Crippen molar-refractivity contribution in [1.82, 2.24) is 5.32 Å². The maximum Gasteiger partial charge on any atom is 0.338 e. The first-order chi connectivity index (χ1) is 16.2. The number of rotatable bonds is 8. The Balaban J connectivity index is 1.91. The molecule has 0 radical (unpaired) electrons. The lowest BCUT2D eigenvalue weighted by Crippen LogP contribution is -2.42. The average molecular weight is 482 g/mol. The number of hydrogen-bond acceptors (Lipinski definition) is 6. The van der Waals surface area contributed by atoms with Crippen LogP contribution in [-0.2, 0) is 26.1 Å². The van der Waals surface area contributed by atoms with Crippen LogP contribution in [0.2, 0.25) is 0 Å². The van der Waals surface area contributed by atoms with E-state index >= 15 is 0 Å². The summed E-state index contributed by atoms with van der Waals surface area (Å²) in [4.78, 5) is 35.0. The Kier molecular flexibility index (Phi) is 7.64. The molecule has 3 rings (SSSR count). The normalized spacial score (nSPS) is 11.8. The van der Waals surface area contributed by atoms with Crippen LogP contribution in [0.15, 0.2) is 89.8 Å². The Hall–Kier alpha value is -4.18. The predicted octanol–water partition coefficient (Wildman–Crippen LogP) is 2.82. The van der Waals surface area contributed by atoms with Crippen LogP contribution in [-0.4, -0.2) is 32.4 Å². The Morgan fingerprint density at radius 3 is 2.18 bits per heavy atom. The summed E-state index contributed by atoms with van der Waals surface area (Å²) in [7, 11) is -4.08. The van der Waals surface area contributed by atoms with E-state index in [1.807, 2.05) is 35.6 Å². The van der Waals surface area contributed by atoms with Gasteiger partial charge in [-0.25, -0.2) is 18.0 Å². The number of esters is 1. The summed E-state index contributed by atoms with van der Waals surface area (Å²) in [5, 5.41) is 1.81. The van der Waals surface area contributed by atoms with Gasteiger partial charge in [0.05, 0.1) is 22.7 Å². The molecule has 34 heavy (non-hydrogen) atoms. The van der Waals surface area contributed by atoms with Crippen LogP contribution in [0.25, 0.3) is 0 Å². The van der Waals surface area contributed by atoms with Gasteiger partial charge in [0.2, 0.25) is 0 Å². The van der Waals surface area contributed by atoms with Crippen molar-refractivity contribution in [1.29, 1.82) is 0 Å². The molecule has 10 heteroatoms. The molecule has 0 unspecified atom stereocenters. The SMILES string of the molecule is C[C@@H](OC(=O)c1cccc(S(=O)(=O)N(Cc2ccccc2)c2ccccc2)c1)C(=O)NC(N)=O. The van der Waals surface area contributed by atoms with Gasteiger partial charge in [0, 0.05) is 0 Å². The average Bonchev–Trinajstić information content (AvgIpc) is 2.83. The van der Waals surface area contributed by atoms with E-state index in [-0.39, 0.29) is 17.0 Å². The molecule has 0 bridgehead atoms. The molecule has 0 spiro atoms. The van der Waals surface area contributed by atoms with Crippen molar-refractivity contribution >= 4 is 33.6 Å². The second kappa shape index (κ2) is 10.6. The van der Waals surface area contributed by atoms with E-state index in [0.717, 1.165) is 5.56 Å². The van der Waals surface area contributed by atoms with Crippen molar-refractivity contribution in [2.75, 3.05) is 4.31 Å². The van der Waals surface area contributed by atoms with Crippen molar-refractivity contribution in [2.24, 2.45) is 5.73 Å². The van der Waals surface area contributed by atoms with E-state index in [1.165, 1.54) is 35.5 Å². The fourth-order valence-electron chi connectivity index (χ4n) is 3.07. The number of urea groups is 1. The molecule has 0 aliphatic heterocycles. The van der Waals surface area contributed by atoms with Gasteiger partial charge in [0.25, 0.3) is 15.9 Å². The summed E-state index contributed by atoms with van der Waals surface area (Å²) < 4.78 is 33.5. The minimum absolute atomic E-state index is 0.0756.